The highest BCUT2D eigenvalue weighted by Gasteiger charge is 2.33. The fourth-order valence-corrected chi connectivity index (χ4v) is 3.86. The molecule has 100 valence electrons. The molecule has 0 aliphatic carbocycles. The maximum Gasteiger partial charge on any atom is 0.260 e. The van der Waals surface area contributed by atoms with Crippen LogP contribution in [0.4, 0.5) is 0 Å². The summed E-state index contributed by atoms with van der Waals surface area (Å²) in [5.41, 5.74) is 1.20. The molecule has 0 radical (unpaired) electrons. The molecule has 1 atom stereocenters. The van der Waals surface area contributed by atoms with Crippen molar-refractivity contribution in [2.24, 2.45) is 0 Å². The topological polar surface area (TPSA) is 66.1 Å². The van der Waals surface area contributed by atoms with Crippen molar-refractivity contribution in [2.45, 2.75) is 17.4 Å². The predicted molar refractivity (Wildman–Crippen MR) is 71.1 cm³/mol. The molecule has 0 amide bonds. The molecule has 1 saturated heterocycles. The maximum absolute atomic E-state index is 12.3. The number of aromatic amines is 1. The van der Waals surface area contributed by atoms with Crippen LogP contribution in [-0.4, -0.2) is 35.8 Å². The first-order chi connectivity index (χ1) is 9.18. The van der Waals surface area contributed by atoms with Crippen molar-refractivity contribution in [2.75, 3.05) is 13.1 Å². The highest BCUT2D eigenvalue weighted by Crippen LogP contribution is 2.30. The van der Waals surface area contributed by atoms with Crippen LogP contribution in [0.25, 0.3) is 0 Å². The molecule has 0 spiro atoms. The molecule has 1 aliphatic heterocycles. The molecule has 5 nitrogen and oxygen atoms in total. The Bertz CT molecular complexity index is 638. The molecule has 3 rings (SSSR count). The summed E-state index contributed by atoms with van der Waals surface area (Å²) in [7, 11) is -3.42. The zero-order chi connectivity index (χ0) is 13.3. The van der Waals surface area contributed by atoms with Gasteiger partial charge >= 0.3 is 0 Å². The van der Waals surface area contributed by atoms with Crippen molar-refractivity contribution >= 4 is 10.0 Å². The first kappa shape index (κ1) is 12.4. The van der Waals surface area contributed by atoms with Gasteiger partial charge in [-0.15, -0.1) is 0 Å². The fourth-order valence-electron chi connectivity index (χ4n) is 2.47. The molecule has 1 unspecified atom stereocenters. The minimum Gasteiger partial charge on any atom is -0.335 e. The Morgan fingerprint density at radius 3 is 2.74 bits per heavy atom. The van der Waals surface area contributed by atoms with Crippen molar-refractivity contribution in [1.29, 1.82) is 0 Å². The molecule has 1 fully saturated rings. The van der Waals surface area contributed by atoms with Crippen LogP contribution in [0.15, 0.2) is 47.9 Å². The minimum absolute atomic E-state index is 0.168. The Labute approximate surface area is 112 Å². The van der Waals surface area contributed by atoms with Crippen LogP contribution in [0.3, 0.4) is 0 Å². The summed E-state index contributed by atoms with van der Waals surface area (Å²) in [6.45, 7) is 1.09. The largest absolute Gasteiger partial charge is 0.335 e. The summed E-state index contributed by atoms with van der Waals surface area (Å²) >= 11 is 0. The van der Waals surface area contributed by atoms with E-state index in [1.807, 2.05) is 18.2 Å². The molecule has 1 aromatic heterocycles. The van der Waals surface area contributed by atoms with Crippen molar-refractivity contribution in [1.82, 2.24) is 14.3 Å². The molecule has 0 bridgehead atoms. The van der Waals surface area contributed by atoms with Crippen LogP contribution in [-0.2, 0) is 10.0 Å². The summed E-state index contributed by atoms with van der Waals surface area (Å²) in [5.74, 6) is 0.277. The number of hydrogen-bond acceptors (Lipinski definition) is 3. The summed E-state index contributed by atoms with van der Waals surface area (Å²) in [5, 5.41) is 0.168. The van der Waals surface area contributed by atoms with Gasteiger partial charge in [0.1, 0.15) is 0 Å². The van der Waals surface area contributed by atoms with Crippen LogP contribution in [0.5, 0.6) is 0 Å². The van der Waals surface area contributed by atoms with Crippen LogP contribution in [0, 0.1) is 0 Å². The molecule has 0 saturated carbocycles. The first-order valence-electron chi connectivity index (χ1n) is 6.21. The first-order valence-corrected chi connectivity index (χ1v) is 7.65. The zero-order valence-electron chi connectivity index (χ0n) is 10.4. The van der Waals surface area contributed by atoms with Gasteiger partial charge in [0.05, 0.1) is 12.5 Å². The summed E-state index contributed by atoms with van der Waals surface area (Å²) in [6.07, 6.45) is 3.60. The van der Waals surface area contributed by atoms with Crippen molar-refractivity contribution in [3.05, 3.63) is 48.4 Å². The van der Waals surface area contributed by atoms with Crippen molar-refractivity contribution in [3.8, 4) is 0 Å². The molecule has 1 aliphatic rings. The van der Waals surface area contributed by atoms with Crippen LogP contribution in [0.1, 0.15) is 17.9 Å². The van der Waals surface area contributed by atoms with Gasteiger partial charge in [-0.2, -0.15) is 4.31 Å². The van der Waals surface area contributed by atoms with E-state index in [1.54, 1.807) is 0 Å². The van der Waals surface area contributed by atoms with E-state index in [4.69, 9.17) is 0 Å². The van der Waals surface area contributed by atoms with Gasteiger partial charge in [0.2, 0.25) is 0 Å². The second-order valence-corrected chi connectivity index (χ2v) is 6.58. The number of rotatable bonds is 3. The van der Waals surface area contributed by atoms with Gasteiger partial charge in [0.25, 0.3) is 10.0 Å². The van der Waals surface area contributed by atoms with E-state index >= 15 is 0 Å². The predicted octanol–water partition coefficient (Wildman–Crippen LogP) is 1.59. The van der Waals surface area contributed by atoms with Gasteiger partial charge in [-0.3, -0.25) is 0 Å². The standard InChI is InChI=1S/C13H15N3O2S/c17-19(18,13-8-14-10-15-13)16-7-6-12(9-16)11-4-2-1-3-5-11/h1-5,8,10,12H,6-7,9H2,(H,14,15). The summed E-state index contributed by atoms with van der Waals surface area (Å²) in [6, 6.07) is 10.0. The summed E-state index contributed by atoms with van der Waals surface area (Å²) < 4.78 is 26.2. The van der Waals surface area contributed by atoms with E-state index in [2.05, 4.69) is 22.1 Å². The lowest BCUT2D eigenvalue weighted by Crippen LogP contribution is -2.28. The van der Waals surface area contributed by atoms with Gasteiger partial charge in [-0.05, 0) is 17.9 Å². The quantitative estimate of drug-likeness (QED) is 0.926. The number of aromatic nitrogens is 2. The Balaban J connectivity index is 1.80. The highest BCUT2D eigenvalue weighted by molar-refractivity contribution is 7.89. The summed E-state index contributed by atoms with van der Waals surface area (Å²) in [4.78, 5) is 6.44. The average Bonchev–Trinajstić information content (AvgIpc) is 3.12. The number of imidazole rings is 1. The van der Waals surface area contributed by atoms with Crippen LogP contribution < -0.4 is 0 Å². The maximum atomic E-state index is 12.3. The third kappa shape index (κ3) is 2.29. The second-order valence-electron chi connectivity index (χ2n) is 4.68. The number of benzene rings is 1. The third-order valence-electron chi connectivity index (χ3n) is 3.51. The Morgan fingerprint density at radius 1 is 1.26 bits per heavy atom. The normalized spacial score (nSPS) is 20.7. The molecule has 1 aromatic carbocycles. The lowest BCUT2D eigenvalue weighted by Gasteiger charge is -2.15. The van der Waals surface area contributed by atoms with E-state index in [0.717, 1.165) is 6.42 Å². The number of hydrogen-bond donors (Lipinski definition) is 1. The Hall–Kier alpha value is -1.66. The van der Waals surface area contributed by atoms with Gasteiger partial charge in [0, 0.05) is 13.1 Å². The molecule has 1 N–H and O–H groups in total. The molecular formula is C13H15N3O2S. The van der Waals surface area contributed by atoms with Crippen molar-refractivity contribution < 1.29 is 8.42 Å². The van der Waals surface area contributed by atoms with Crippen LogP contribution >= 0.6 is 0 Å². The molecule has 19 heavy (non-hydrogen) atoms. The average molecular weight is 277 g/mol. The Kier molecular flexibility index (Phi) is 3.12. The van der Waals surface area contributed by atoms with E-state index in [1.165, 1.54) is 22.4 Å². The Morgan fingerprint density at radius 2 is 2.05 bits per heavy atom. The smallest absolute Gasteiger partial charge is 0.260 e. The monoisotopic (exact) mass is 277 g/mol. The second kappa shape index (κ2) is 4.79. The number of nitrogens with zero attached hydrogens (tertiary/aromatic N) is 2. The molecule has 2 aromatic rings. The third-order valence-corrected chi connectivity index (χ3v) is 5.30. The molecular weight excluding hydrogens is 262 g/mol. The fraction of sp³-hybridized carbons (Fsp3) is 0.308. The minimum atomic E-state index is -3.42. The van der Waals surface area contributed by atoms with E-state index in [0.29, 0.717) is 13.1 Å². The van der Waals surface area contributed by atoms with Gasteiger partial charge in [-0.25, -0.2) is 13.4 Å². The lowest BCUT2D eigenvalue weighted by atomic mass is 9.99. The zero-order valence-corrected chi connectivity index (χ0v) is 11.2. The molecule has 2 heterocycles. The number of H-pyrrole nitrogens is 1. The SMILES string of the molecule is O=S(=O)(c1cnc[nH]1)N1CCC(c2ccccc2)C1. The highest BCUT2D eigenvalue weighted by atomic mass is 32.2. The van der Waals surface area contributed by atoms with Gasteiger partial charge in [0.15, 0.2) is 5.03 Å². The van der Waals surface area contributed by atoms with E-state index in [-0.39, 0.29) is 10.9 Å². The van der Waals surface area contributed by atoms with Gasteiger partial charge < -0.3 is 4.98 Å². The molecule has 6 heteroatoms. The van der Waals surface area contributed by atoms with Gasteiger partial charge in [-0.1, -0.05) is 30.3 Å². The van der Waals surface area contributed by atoms with Crippen molar-refractivity contribution in [3.63, 3.8) is 0 Å². The van der Waals surface area contributed by atoms with E-state index in [9.17, 15) is 8.42 Å². The van der Waals surface area contributed by atoms with Crippen LogP contribution in [0.2, 0.25) is 0 Å². The lowest BCUT2D eigenvalue weighted by molar-refractivity contribution is 0.470. The number of nitrogens with one attached hydrogen (secondary N) is 1. The number of sulfonamides is 1. The van der Waals surface area contributed by atoms with E-state index < -0.39 is 10.0 Å².